The minimum Gasteiger partial charge on any atom is -0.380 e. The molecule has 3 aliphatic heterocycles. The normalized spacial score (nSPS) is 19.7. The van der Waals surface area contributed by atoms with Crippen LogP contribution in [-0.2, 0) is 4.74 Å². The van der Waals surface area contributed by atoms with Crippen LogP contribution in [-0.4, -0.2) is 59.7 Å². The highest BCUT2D eigenvalue weighted by molar-refractivity contribution is 6.22. The zero-order chi connectivity index (χ0) is 19.5. The maximum absolute atomic E-state index is 12.7. The van der Waals surface area contributed by atoms with Crippen LogP contribution in [0.15, 0.2) is 48.5 Å². The minimum atomic E-state index is -0.652. The first-order valence-corrected chi connectivity index (χ1v) is 8.99. The molecule has 0 unspecified atom stereocenters. The topological polar surface area (TPSA) is 84.0 Å². The van der Waals surface area contributed by atoms with Gasteiger partial charge in [0.1, 0.15) is 0 Å². The summed E-state index contributed by atoms with van der Waals surface area (Å²) in [6.45, 7) is 0.751. The summed E-state index contributed by atoms with van der Waals surface area (Å²) < 4.78 is 5.36. The lowest BCUT2D eigenvalue weighted by Gasteiger charge is -2.44. The lowest BCUT2D eigenvalue weighted by molar-refractivity contribution is -0.124. The van der Waals surface area contributed by atoms with Crippen molar-refractivity contribution < 1.29 is 23.9 Å². The van der Waals surface area contributed by atoms with Crippen LogP contribution < -0.4 is 0 Å². The molecule has 0 aliphatic carbocycles. The zero-order valence-electron chi connectivity index (χ0n) is 14.9. The number of hydrogen-bond donors (Lipinski definition) is 0. The van der Waals surface area contributed by atoms with Crippen LogP contribution >= 0.6 is 0 Å². The SMILES string of the molecule is O=C1c2ccccc2C(=O)N1CC1(CN2C(=O)c3ccccc3C2=O)COC1. The van der Waals surface area contributed by atoms with Gasteiger partial charge in [-0.25, -0.2) is 0 Å². The van der Waals surface area contributed by atoms with E-state index in [0.29, 0.717) is 22.3 Å². The van der Waals surface area contributed by atoms with E-state index in [1.807, 2.05) is 0 Å². The van der Waals surface area contributed by atoms with Gasteiger partial charge in [0, 0.05) is 13.1 Å². The van der Waals surface area contributed by atoms with E-state index in [4.69, 9.17) is 4.74 Å². The van der Waals surface area contributed by atoms with Crippen LogP contribution in [0.25, 0.3) is 0 Å². The first kappa shape index (κ1) is 16.8. The number of hydrogen-bond acceptors (Lipinski definition) is 5. The molecule has 7 heteroatoms. The number of ether oxygens (including phenoxy) is 1. The van der Waals surface area contributed by atoms with Gasteiger partial charge in [-0.15, -0.1) is 0 Å². The monoisotopic (exact) mass is 376 g/mol. The predicted octanol–water partition coefficient (Wildman–Crippen LogP) is 1.60. The Morgan fingerprint density at radius 1 is 0.643 bits per heavy atom. The Labute approximate surface area is 160 Å². The Morgan fingerprint density at radius 2 is 0.964 bits per heavy atom. The van der Waals surface area contributed by atoms with Crippen LogP contribution in [0.1, 0.15) is 41.4 Å². The van der Waals surface area contributed by atoms with E-state index in [-0.39, 0.29) is 49.9 Å². The second-order valence-electron chi connectivity index (χ2n) is 7.48. The van der Waals surface area contributed by atoms with E-state index >= 15 is 0 Å². The number of fused-ring (bicyclic) bond motifs is 2. The number of nitrogens with zero attached hydrogens (tertiary/aromatic N) is 2. The van der Waals surface area contributed by atoms with Gasteiger partial charge in [-0.05, 0) is 24.3 Å². The number of benzene rings is 2. The summed E-state index contributed by atoms with van der Waals surface area (Å²) >= 11 is 0. The van der Waals surface area contributed by atoms with Crippen molar-refractivity contribution >= 4 is 23.6 Å². The molecular formula is C21H16N2O5. The van der Waals surface area contributed by atoms with Crippen molar-refractivity contribution in [1.82, 2.24) is 9.80 Å². The lowest BCUT2D eigenvalue weighted by atomic mass is 9.84. The van der Waals surface area contributed by atoms with Gasteiger partial charge in [0.15, 0.2) is 0 Å². The second-order valence-corrected chi connectivity index (χ2v) is 7.48. The summed E-state index contributed by atoms with van der Waals surface area (Å²) in [6, 6.07) is 13.4. The third-order valence-corrected chi connectivity index (χ3v) is 5.56. The van der Waals surface area contributed by atoms with E-state index in [0.717, 1.165) is 0 Å². The van der Waals surface area contributed by atoms with Crippen molar-refractivity contribution in [1.29, 1.82) is 0 Å². The molecule has 0 aromatic heterocycles. The summed E-state index contributed by atoms with van der Waals surface area (Å²) in [5.74, 6) is -1.41. The van der Waals surface area contributed by atoms with Crippen LogP contribution in [0, 0.1) is 5.41 Å². The number of imide groups is 2. The molecule has 0 radical (unpaired) electrons. The molecule has 2 aromatic carbocycles. The first-order chi connectivity index (χ1) is 13.5. The molecule has 1 fully saturated rings. The van der Waals surface area contributed by atoms with Crippen molar-refractivity contribution in [3.05, 3.63) is 70.8 Å². The Balaban J connectivity index is 1.40. The van der Waals surface area contributed by atoms with Gasteiger partial charge >= 0.3 is 0 Å². The molecule has 0 saturated carbocycles. The van der Waals surface area contributed by atoms with Crippen LogP contribution in [0.5, 0.6) is 0 Å². The maximum atomic E-state index is 12.7. The molecule has 5 rings (SSSR count). The van der Waals surface area contributed by atoms with Crippen molar-refractivity contribution in [2.75, 3.05) is 26.3 Å². The van der Waals surface area contributed by atoms with E-state index in [9.17, 15) is 19.2 Å². The van der Waals surface area contributed by atoms with Gasteiger partial charge in [-0.1, -0.05) is 24.3 Å². The largest absolute Gasteiger partial charge is 0.380 e. The number of carbonyl (C=O) groups excluding carboxylic acids is 4. The maximum Gasteiger partial charge on any atom is 0.261 e. The lowest BCUT2D eigenvalue weighted by Crippen LogP contribution is -2.58. The summed E-state index contributed by atoms with van der Waals surface area (Å²) in [7, 11) is 0. The van der Waals surface area contributed by atoms with Gasteiger partial charge in [-0.3, -0.25) is 29.0 Å². The molecular weight excluding hydrogens is 360 g/mol. The standard InChI is InChI=1S/C21H16N2O5/c24-17-13-5-1-2-6-14(13)18(25)22(17)9-21(11-28-12-21)10-23-19(26)15-7-3-4-8-16(15)20(23)27/h1-8H,9-12H2. The highest BCUT2D eigenvalue weighted by atomic mass is 16.5. The molecule has 2 aromatic rings. The van der Waals surface area contributed by atoms with Crippen molar-refractivity contribution in [2.24, 2.45) is 5.41 Å². The Kier molecular flexibility index (Phi) is 3.51. The Morgan fingerprint density at radius 3 is 1.21 bits per heavy atom. The third-order valence-electron chi connectivity index (χ3n) is 5.56. The minimum absolute atomic E-state index is 0.104. The molecule has 28 heavy (non-hydrogen) atoms. The average Bonchev–Trinajstić information content (AvgIpc) is 3.07. The predicted molar refractivity (Wildman–Crippen MR) is 96.9 cm³/mol. The number of amides is 4. The molecule has 0 atom stereocenters. The van der Waals surface area contributed by atoms with Crippen LogP contribution in [0.4, 0.5) is 0 Å². The van der Waals surface area contributed by atoms with E-state index < -0.39 is 5.41 Å². The smallest absolute Gasteiger partial charge is 0.261 e. The average molecular weight is 376 g/mol. The third kappa shape index (κ3) is 2.26. The number of carbonyl (C=O) groups is 4. The summed E-state index contributed by atoms with van der Waals surface area (Å²) in [6.07, 6.45) is 0. The van der Waals surface area contributed by atoms with Gasteiger partial charge in [0.05, 0.1) is 40.9 Å². The van der Waals surface area contributed by atoms with Gasteiger partial charge in [-0.2, -0.15) is 0 Å². The molecule has 3 aliphatic rings. The van der Waals surface area contributed by atoms with E-state index in [2.05, 4.69) is 0 Å². The molecule has 0 N–H and O–H groups in total. The highest BCUT2D eigenvalue weighted by Crippen LogP contribution is 2.35. The fourth-order valence-corrected chi connectivity index (χ4v) is 4.06. The molecule has 4 amide bonds. The highest BCUT2D eigenvalue weighted by Gasteiger charge is 2.49. The molecule has 0 bridgehead atoms. The molecule has 1 saturated heterocycles. The first-order valence-electron chi connectivity index (χ1n) is 8.99. The van der Waals surface area contributed by atoms with E-state index in [1.165, 1.54) is 9.80 Å². The van der Waals surface area contributed by atoms with Gasteiger partial charge < -0.3 is 4.74 Å². The second kappa shape index (κ2) is 5.84. The molecule has 7 nitrogen and oxygen atoms in total. The van der Waals surface area contributed by atoms with Crippen molar-refractivity contribution in [2.45, 2.75) is 0 Å². The van der Waals surface area contributed by atoms with Gasteiger partial charge in [0.25, 0.3) is 23.6 Å². The van der Waals surface area contributed by atoms with Crippen LogP contribution in [0.3, 0.4) is 0 Å². The summed E-state index contributed by atoms with van der Waals surface area (Å²) in [5, 5.41) is 0. The molecule has 140 valence electrons. The summed E-state index contributed by atoms with van der Waals surface area (Å²) in [5.41, 5.74) is 0.861. The number of rotatable bonds is 4. The fourth-order valence-electron chi connectivity index (χ4n) is 4.06. The van der Waals surface area contributed by atoms with E-state index in [1.54, 1.807) is 48.5 Å². The van der Waals surface area contributed by atoms with Gasteiger partial charge in [0.2, 0.25) is 0 Å². The Hall–Kier alpha value is -3.32. The summed E-state index contributed by atoms with van der Waals surface area (Å²) in [4.78, 5) is 53.1. The van der Waals surface area contributed by atoms with Crippen molar-refractivity contribution in [3.63, 3.8) is 0 Å². The quantitative estimate of drug-likeness (QED) is 0.757. The fraction of sp³-hybridized carbons (Fsp3) is 0.238. The molecule has 3 heterocycles. The zero-order valence-corrected chi connectivity index (χ0v) is 14.9. The van der Waals surface area contributed by atoms with Crippen molar-refractivity contribution in [3.8, 4) is 0 Å². The van der Waals surface area contributed by atoms with Crippen LogP contribution in [0.2, 0.25) is 0 Å². The molecule has 0 spiro atoms. The Bertz CT molecular complexity index is 907.